The summed E-state index contributed by atoms with van der Waals surface area (Å²) < 4.78 is 52.1. The molecule has 0 atom stereocenters. The molecule has 0 bridgehead atoms. The molecular formula is C21H26F2N6O2S. The Hall–Kier alpha value is -2.82. The number of benzene rings is 1. The van der Waals surface area contributed by atoms with Crippen LogP contribution in [0.1, 0.15) is 38.6 Å². The third-order valence-corrected chi connectivity index (χ3v) is 6.26. The van der Waals surface area contributed by atoms with E-state index in [2.05, 4.69) is 25.3 Å². The van der Waals surface area contributed by atoms with Gasteiger partial charge in [0.25, 0.3) is 5.92 Å². The van der Waals surface area contributed by atoms with Gasteiger partial charge in [-0.05, 0) is 32.4 Å². The van der Waals surface area contributed by atoms with Crippen molar-refractivity contribution in [3.8, 4) is 0 Å². The highest BCUT2D eigenvalue weighted by Gasteiger charge is 2.40. The Balaban J connectivity index is 1.78. The molecule has 0 radical (unpaired) electrons. The average Bonchev–Trinajstić information content (AvgIpc) is 3.21. The van der Waals surface area contributed by atoms with Crippen LogP contribution in [0.5, 0.6) is 0 Å². The molecule has 3 heterocycles. The second kappa shape index (κ2) is 7.65. The molecule has 172 valence electrons. The monoisotopic (exact) mass is 464 g/mol. The number of hydrogen-bond acceptors (Lipinski definition) is 7. The first-order valence-electron chi connectivity index (χ1n) is 10.3. The number of aromatic amines is 1. The van der Waals surface area contributed by atoms with Crippen LogP contribution in [-0.2, 0) is 16.3 Å². The normalized spacial score (nSPS) is 16.6. The molecule has 0 spiro atoms. The Morgan fingerprint density at radius 2 is 1.91 bits per heavy atom. The third-order valence-electron chi connectivity index (χ3n) is 5.07. The molecular weight excluding hydrogens is 438 g/mol. The zero-order chi connectivity index (χ0) is 23.3. The van der Waals surface area contributed by atoms with Crippen molar-refractivity contribution in [2.75, 3.05) is 29.6 Å². The van der Waals surface area contributed by atoms with E-state index >= 15 is 0 Å². The van der Waals surface area contributed by atoms with Gasteiger partial charge in [0, 0.05) is 31.2 Å². The van der Waals surface area contributed by atoms with Gasteiger partial charge in [-0.3, -0.25) is 0 Å². The van der Waals surface area contributed by atoms with Crippen molar-refractivity contribution in [1.82, 2.24) is 19.9 Å². The van der Waals surface area contributed by atoms with Gasteiger partial charge in [0.05, 0.1) is 11.4 Å². The van der Waals surface area contributed by atoms with Crippen LogP contribution in [0.3, 0.4) is 0 Å². The van der Waals surface area contributed by atoms with E-state index in [-0.39, 0.29) is 29.8 Å². The molecule has 0 saturated carbocycles. The van der Waals surface area contributed by atoms with Crippen LogP contribution in [0.2, 0.25) is 0 Å². The Kier molecular flexibility index (Phi) is 5.35. The minimum Gasteiger partial charge on any atom is -0.350 e. The molecule has 4 rings (SSSR count). The smallest absolute Gasteiger partial charge is 0.266 e. The van der Waals surface area contributed by atoms with Crippen LogP contribution < -0.4 is 10.2 Å². The minimum absolute atomic E-state index is 0.166. The van der Waals surface area contributed by atoms with E-state index in [0.29, 0.717) is 34.3 Å². The predicted molar refractivity (Wildman–Crippen MR) is 119 cm³/mol. The molecule has 8 nitrogen and oxygen atoms in total. The lowest BCUT2D eigenvalue weighted by atomic mass is 10.1. The van der Waals surface area contributed by atoms with Gasteiger partial charge in [0.1, 0.15) is 11.3 Å². The molecule has 1 saturated heterocycles. The van der Waals surface area contributed by atoms with E-state index in [1.807, 2.05) is 20.8 Å². The molecule has 3 aromatic rings. The van der Waals surface area contributed by atoms with Gasteiger partial charge < -0.3 is 15.2 Å². The van der Waals surface area contributed by atoms with Crippen LogP contribution in [0.25, 0.3) is 11.2 Å². The summed E-state index contributed by atoms with van der Waals surface area (Å²) in [4.78, 5) is 18.4. The molecule has 11 heteroatoms. The maximum absolute atomic E-state index is 13.9. The van der Waals surface area contributed by atoms with Crippen molar-refractivity contribution in [1.29, 1.82) is 0 Å². The molecule has 0 aliphatic carbocycles. The number of fused-ring (bicyclic) bond motifs is 1. The number of sulfone groups is 1. The van der Waals surface area contributed by atoms with Gasteiger partial charge in [-0.25, -0.2) is 22.2 Å². The van der Waals surface area contributed by atoms with Gasteiger partial charge in [-0.15, -0.1) is 0 Å². The van der Waals surface area contributed by atoms with Crippen LogP contribution >= 0.6 is 0 Å². The topological polar surface area (TPSA) is 104 Å². The summed E-state index contributed by atoms with van der Waals surface area (Å²) in [5.74, 6) is -1.66. The first-order chi connectivity index (χ1) is 14.8. The summed E-state index contributed by atoms with van der Waals surface area (Å²) in [5.41, 5.74) is 1.04. The van der Waals surface area contributed by atoms with Gasteiger partial charge in [0.2, 0.25) is 5.95 Å². The Morgan fingerprint density at radius 3 is 2.53 bits per heavy atom. The number of H-pyrrole nitrogens is 1. The quantitative estimate of drug-likeness (QED) is 0.596. The van der Waals surface area contributed by atoms with E-state index in [4.69, 9.17) is 0 Å². The highest BCUT2D eigenvalue weighted by Crippen LogP contribution is 2.34. The summed E-state index contributed by atoms with van der Waals surface area (Å²) in [6.45, 7) is 5.58. The van der Waals surface area contributed by atoms with E-state index < -0.39 is 22.3 Å². The van der Waals surface area contributed by atoms with Crippen LogP contribution in [0.15, 0.2) is 29.2 Å². The molecule has 1 aliphatic heterocycles. The fourth-order valence-corrected chi connectivity index (χ4v) is 4.68. The van der Waals surface area contributed by atoms with E-state index in [1.54, 1.807) is 24.3 Å². The number of halogens is 2. The fourth-order valence-electron chi connectivity index (χ4n) is 3.74. The lowest BCUT2D eigenvalue weighted by Gasteiger charge is -2.22. The SMILES string of the molecule is CC(C)(C)Nc1nc(N2CCC(F)(F)C2)c2[nH]c(Cc3ccccc3S(C)(=O)=O)nc2n1. The molecule has 2 aromatic heterocycles. The number of nitrogens with zero attached hydrogens (tertiary/aromatic N) is 4. The van der Waals surface area contributed by atoms with E-state index in [1.165, 1.54) is 4.90 Å². The summed E-state index contributed by atoms with van der Waals surface area (Å²) in [6.07, 6.45) is 1.13. The van der Waals surface area contributed by atoms with E-state index in [9.17, 15) is 17.2 Å². The maximum atomic E-state index is 13.9. The summed E-state index contributed by atoms with van der Waals surface area (Å²) in [6, 6.07) is 6.70. The number of nitrogens with one attached hydrogen (secondary N) is 2. The van der Waals surface area contributed by atoms with Gasteiger partial charge in [-0.2, -0.15) is 9.97 Å². The third kappa shape index (κ3) is 4.82. The van der Waals surface area contributed by atoms with E-state index in [0.717, 1.165) is 6.26 Å². The Morgan fingerprint density at radius 1 is 1.19 bits per heavy atom. The van der Waals surface area contributed by atoms with Crippen molar-refractivity contribution in [2.45, 2.75) is 50.0 Å². The van der Waals surface area contributed by atoms with Gasteiger partial charge in [-0.1, -0.05) is 18.2 Å². The first-order valence-corrected chi connectivity index (χ1v) is 12.2. The zero-order valence-corrected chi connectivity index (χ0v) is 19.2. The lowest BCUT2D eigenvalue weighted by molar-refractivity contribution is 0.0257. The fraction of sp³-hybridized carbons (Fsp3) is 0.476. The number of alkyl halides is 2. The second-order valence-electron chi connectivity index (χ2n) is 9.21. The average molecular weight is 465 g/mol. The molecule has 32 heavy (non-hydrogen) atoms. The Bertz CT molecular complexity index is 1270. The number of hydrogen-bond donors (Lipinski definition) is 2. The molecule has 0 unspecified atom stereocenters. The number of aromatic nitrogens is 4. The largest absolute Gasteiger partial charge is 0.350 e. The van der Waals surface area contributed by atoms with Crippen molar-refractivity contribution in [3.63, 3.8) is 0 Å². The van der Waals surface area contributed by atoms with Crippen molar-refractivity contribution >= 4 is 32.8 Å². The number of rotatable bonds is 5. The van der Waals surface area contributed by atoms with Crippen molar-refractivity contribution in [3.05, 3.63) is 35.7 Å². The first kappa shape index (κ1) is 22.4. The Labute approximate surface area is 185 Å². The van der Waals surface area contributed by atoms with Crippen molar-refractivity contribution in [2.24, 2.45) is 0 Å². The molecule has 1 fully saturated rings. The van der Waals surface area contributed by atoms with Gasteiger partial charge >= 0.3 is 0 Å². The molecule has 1 aromatic carbocycles. The van der Waals surface area contributed by atoms with Crippen LogP contribution in [0, 0.1) is 0 Å². The number of anilines is 2. The summed E-state index contributed by atoms with van der Waals surface area (Å²) in [5, 5.41) is 3.18. The molecule has 0 amide bonds. The zero-order valence-electron chi connectivity index (χ0n) is 18.4. The molecule has 1 aliphatic rings. The van der Waals surface area contributed by atoms with Crippen LogP contribution in [-0.4, -0.2) is 59.2 Å². The number of imidazole rings is 1. The lowest BCUT2D eigenvalue weighted by Crippen LogP contribution is -2.29. The minimum atomic E-state index is -3.42. The van der Waals surface area contributed by atoms with Crippen molar-refractivity contribution < 1.29 is 17.2 Å². The maximum Gasteiger partial charge on any atom is 0.266 e. The highest BCUT2D eigenvalue weighted by molar-refractivity contribution is 7.90. The van der Waals surface area contributed by atoms with Crippen LogP contribution in [0.4, 0.5) is 20.5 Å². The summed E-state index contributed by atoms with van der Waals surface area (Å²) >= 11 is 0. The summed E-state index contributed by atoms with van der Waals surface area (Å²) in [7, 11) is -3.42. The molecule has 2 N–H and O–H groups in total. The highest BCUT2D eigenvalue weighted by atomic mass is 32.2. The standard InChI is InChI=1S/C21H26F2N6O2S/c1-20(2,3)28-19-26-17-16(18(27-19)29-10-9-21(22,23)12-29)24-15(25-17)11-13-7-5-6-8-14(13)32(4,30)31/h5-8H,9-12H2,1-4H3,(H2,24,25,26,27,28). The predicted octanol–water partition coefficient (Wildman–Crippen LogP) is 3.40. The second-order valence-corrected chi connectivity index (χ2v) is 11.2. The van der Waals surface area contributed by atoms with Gasteiger partial charge in [0.15, 0.2) is 21.3 Å².